The highest BCUT2D eigenvalue weighted by Crippen LogP contribution is 2.20. The third-order valence-electron chi connectivity index (χ3n) is 3.38. The highest BCUT2D eigenvalue weighted by atomic mass is 31.0. The molecule has 1 aromatic rings. The minimum Gasteiger partial charge on any atom is -0.434 e. The Hall–Kier alpha value is -1.72. The van der Waals surface area contributed by atoms with Gasteiger partial charge in [-0.25, -0.2) is 0 Å². The fourth-order valence-electron chi connectivity index (χ4n) is 2.28. The van der Waals surface area contributed by atoms with Gasteiger partial charge in [0.2, 0.25) is 0 Å². The Balaban J connectivity index is 2.02. The van der Waals surface area contributed by atoms with Crippen LogP contribution in [0.4, 0.5) is 14.5 Å². The lowest BCUT2D eigenvalue weighted by Crippen LogP contribution is -2.45. The lowest BCUT2D eigenvalue weighted by molar-refractivity contribution is -0.0490. The molecule has 0 amide bonds. The number of benzene rings is 1. The predicted molar refractivity (Wildman–Crippen MR) is 92.0 cm³/mol. The van der Waals surface area contributed by atoms with Crippen LogP contribution in [0.2, 0.25) is 0 Å². The molecular weight excluding hydrogens is 321 g/mol. The van der Waals surface area contributed by atoms with Crippen molar-refractivity contribution in [3.8, 4) is 5.75 Å². The molecule has 0 spiro atoms. The van der Waals surface area contributed by atoms with Gasteiger partial charge in [0.05, 0.1) is 0 Å². The van der Waals surface area contributed by atoms with E-state index in [1.165, 1.54) is 6.07 Å². The fraction of sp³-hybridized carbons (Fsp3) is 0.400. The van der Waals surface area contributed by atoms with Gasteiger partial charge in [0.15, 0.2) is 0 Å². The van der Waals surface area contributed by atoms with Crippen molar-refractivity contribution in [2.24, 2.45) is 0 Å². The first kappa shape index (κ1) is 17.6. The number of anilines is 1. The van der Waals surface area contributed by atoms with Crippen molar-refractivity contribution in [3.05, 3.63) is 30.0 Å². The van der Waals surface area contributed by atoms with Gasteiger partial charge >= 0.3 is 6.61 Å². The van der Waals surface area contributed by atoms with E-state index in [0.717, 1.165) is 31.9 Å². The average molecular weight is 342 g/mol. The molecule has 0 aromatic heterocycles. The van der Waals surface area contributed by atoms with Crippen LogP contribution in [-0.2, 0) is 0 Å². The number of amidine groups is 1. The fourth-order valence-corrected chi connectivity index (χ4v) is 2.52. The molecule has 23 heavy (non-hydrogen) atoms. The van der Waals surface area contributed by atoms with Gasteiger partial charge in [0, 0.05) is 48.9 Å². The van der Waals surface area contributed by atoms with Crippen LogP contribution in [0.5, 0.6) is 5.75 Å². The third kappa shape index (κ3) is 5.44. The highest BCUT2D eigenvalue weighted by molar-refractivity contribution is 7.27. The number of alkyl halides is 2. The molecule has 1 aromatic carbocycles. The Kier molecular flexibility index (Phi) is 6.30. The zero-order valence-corrected chi connectivity index (χ0v) is 14.1. The molecular formula is C15H21F2N4OP. The average Bonchev–Trinajstić information content (AvgIpc) is 2.51. The Morgan fingerprint density at radius 2 is 2.13 bits per heavy atom. The van der Waals surface area contributed by atoms with Crippen LogP contribution in [0, 0.1) is 5.41 Å². The first-order valence-corrected chi connectivity index (χ1v) is 7.87. The Labute approximate surface area is 136 Å². The van der Waals surface area contributed by atoms with Gasteiger partial charge in [-0.05, 0) is 25.1 Å². The van der Waals surface area contributed by atoms with E-state index in [2.05, 4.69) is 24.6 Å². The van der Waals surface area contributed by atoms with Crippen LogP contribution in [-0.4, -0.2) is 43.5 Å². The number of allylic oxidation sites excluding steroid dienone is 1. The van der Waals surface area contributed by atoms with E-state index in [9.17, 15) is 8.78 Å². The van der Waals surface area contributed by atoms with Gasteiger partial charge in [-0.15, -0.1) is 9.24 Å². The number of ether oxygens (including phenoxy) is 1. The normalized spacial score (nSPS) is 15.7. The summed E-state index contributed by atoms with van der Waals surface area (Å²) in [5.41, 5.74) is 1.39. The van der Waals surface area contributed by atoms with Crippen molar-refractivity contribution in [2.45, 2.75) is 13.5 Å². The Morgan fingerprint density at radius 1 is 1.43 bits per heavy atom. The number of hydrogen-bond acceptors (Lipinski definition) is 4. The summed E-state index contributed by atoms with van der Waals surface area (Å²) in [7, 11) is 2.36. The Morgan fingerprint density at radius 3 is 2.78 bits per heavy atom. The largest absolute Gasteiger partial charge is 0.434 e. The van der Waals surface area contributed by atoms with Gasteiger partial charge in [0.1, 0.15) is 11.6 Å². The van der Waals surface area contributed by atoms with E-state index in [-0.39, 0.29) is 5.75 Å². The molecule has 1 aliphatic heterocycles. The molecule has 8 heteroatoms. The summed E-state index contributed by atoms with van der Waals surface area (Å²) in [6.07, 6.45) is 1.73. The molecule has 0 aliphatic carbocycles. The summed E-state index contributed by atoms with van der Waals surface area (Å²) < 4.78 is 29.2. The zero-order valence-electron chi connectivity index (χ0n) is 12.9. The van der Waals surface area contributed by atoms with Crippen LogP contribution in [0.25, 0.3) is 0 Å². The first-order chi connectivity index (χ1) is 11.0. The molecule has 1 atom stereocenters. The second kappa shape index (κ2) is 8.22. The lowest BCUT2D eigenvalue weighted by Gasteiger charge is -2.28. The zero-order chi connectivity index (χ0) is 16.8. The number of nitrogens with one attached hydrogen (secondary N) is 3. The summed E-state index contributed by atoms with van der Waals surface area (Å²) in [6.45, 7) is 2.31. The van der Waals surface area contributed by atoms with E-state index >= 15 is 0 Å². The van der Waals surface area contributed by atoms with Gasteiger partial charge < -0.3 is 20.3 Å². The monoisotopic (exact) mass is 342 g/mol. The maximum Gasteiger partial charge on any atom is 0.387 e. The van der Waals surface area contributed by atoms with Gasteiger partial charge in [-0.2, -0.15) is 8.78 Å². The third-order valence-corrected chi connectivity index (χ3v) is 3.86. The van der Waals surface area contributed by atoms with Crippen molar-refractivity contribution in [3.63, 3.8) is 0 Å². The first-order valence-electron chi connectivity index (χ1n) is 7.29. The van der Waals surface area contributed by atoms with E-state index in [0.29, 0.717) is 16.8 Å². The molecule has 5 nitrogen and oxygen atoms in total. The molecule has 1 saturated heterocycles. The van der Waals surface area contributed by atoms with Crippen molar-refractivity contribution < 1.29 is 13.5 Å². The van der Waals surface area contributed by atoms with Crippen molar-refractivity contribution in [1.82, 2.24) is 10.2 Å². The SMILES string of the molecule is C/C(=C/C(=N)N1CCNCC1)Nc1ccc(P)c(OC(F)F)c1. The van der Waals surface area contributed by atoms with E-state index < -0.39 is 6.61 Å². The van der Waals surface area contributed by atoms with Crippen LogP contribution >= 0.6 is 9.24 Å². The second-order valence-corrected chi connectivity index (χ2v) is 5.83. The molecule has 3 N–H and O–H groups in total. The van der Waals surface area contributed by atoms with Gasteiger partial charge in [0.25, 0.3) is 0 Å². The van der Waals surface area contributed by atoms with Crippen LogP contribution in [0.1, 0.15) is 6.92 Å². The molecule has 1 fully saturated rings. The second-order valence-electron chi connectivity index (χ2n) is 5.21. The van der Waals surface area contributed by atoms with E-state index in [1.807, 2.05) is 11.8 Å². The van der Waals surface area contributed by atoms with Crippen LogP contribution < -0.4 is 20.7 Å². The van der Waals surface area contributed by atoms with Crippen LogP contribution in [0.15, 0.2) is 30.0 Å². The summed E-state index contributed by atoms with van der Waals surface area (Å²) >= 11 is 0. The van der Waals surface area contributed by atoms with Gasteiger partial charge in [-0.3, -0.25) is 5.41 Å². The molecule has 1 unspecified atom stereocenters. The van der Waals surface area contributed by atoms with Gasteiger partial charge in [-0.1, -0.05) is 0 Å². The topological polar surface area (TPSA) is 60.4 Å². The molecule has 0 radical (unpaired) electrons. The Bertz CT molecular complexity index is 589. The maximum atomic E-state index is 12.4. The number of nitrogens with zero attached hydrogens (tertiary/aromatic N) is 1. The van der Waals surface area contributed by atoms with Crippen molar-refractivity contribution in [2.75, 3.05) is 31.5 Å². The number of piperazine rings is 1. The van der Waals surface area contributed by atoms with E-state index in [4.69, 9.17) is 5.41 Å². The molecule has 126 valence electrons. The molecule has 1 heterocycles. The summed E-state index contributed by atoms with van der Waals surface area (Å²) in [4.78, 5) is 1.98. The molecule has 2 rings (SSSR count). The number of hydrogen-bond donors (Lipinski definition) is 3. The van der Waals surface area contributed by atoms with Crippen molar-refractivity contribution in [1.29, 1.82) is 5.41 Å². The van der Waals surface area contributed by atoms with Crippen molar-refractivity contribution >= 4 is 26.1 Å². The van der Waals surface area contributed by atoms with E-state index in [1.54, 1.807) is 18.2 Å². The molecule has 1 aliphatic rings. The predicted octanol–water partition coefficient (Wildman–Crippen LogP) is 1.99. The number of halogens is 2. The highest BCUT2D eigenvalue weighted by Gasteiger charge is 2.12. The standard InChI is InChI=1S/C15H21F2N4OP/c1-10(8-14(18)21-6-4-19-5-7-21)20-11-2-3-13(23)12(9-11)22-15(16)17/h2-3,8-9,15,18-20H,4-7,23H2,1H3/b10-8-,18-14?. The minimum atomic E-state index is -2.86. The summed E-state index contributed by atoms with van der Waals surface area (Å²) in [5.74, 6) is 0.545. The quantitative estimate of drug-likeness (QED) is 0.435. The minimum absolute atomic E-state index is 0.111. The lowest BCUT2D eigenvalue weighted by atomic mass is 10.2. The summed E-state index contributed by atoms with van der Waals surface area (Å²) in [5, 5.41) is 15.0. The molecule has 0 bridgehead atoms. The van der Waals surface area contributed by atoms with Crippen LogP contribution in [0.3, 0.4) is 0 Å². The molecule has 0 saturated carbocycles. The maximum absolute atomic E-state index is 12.4. The number of rotatable bonds is 5. The smallest absolute Gasteiger partial charge is 0.387 e. The summed E-state index contributed by atoms with van der Waals surface area (Å²) in [6, 6.07) is 4.96.